The molecule has 0 saturated carbocycles. The van der Waals surface area contributed by atoms with E-state index >= 15 is 0 Å². The third-order valence-corrected chi connectivity index (χ3v) is 5.27. The van der Waals surface area contributed by atoms with Crippen molar-refractivity contribution in [2.45, 2.75) is 38.8 Å². The van der Waals surface area contributed by atoms with Gasteiger partial charge in [-0.25, -0.2) is 0 Å². The van der Waals surface area contributed by atoms with Crippen LogP contribution in [0, 0.1) is 5.92 Å². The van der Waals surface area contributed by atoms with E-state index in [0.717, 1.165) is 32.6 Å². The van der Waals surface area contributed by atoms with E-state index in [9.17, 15) is 4.79 Å². The van der Waals surface area contributed by atoms with Crippen LogP contribution in [0.15, 0.2) is 30.3 Å². The fraction of sp³-hybridized carbons (Fsp3) is 0.611. The summed E-state index contributed by atoms with van der Waals surface area (Å²) in [5.74, 6) is 0.841. The van der Waals surface area contributed by atoms with E-state index in [0.29, 0.717) is 30.3 Å². The predicted octanol–water partition coefficient (Wildman–Crippen LogP) is 1.62. The van der Waals surface area contributed by atoms with E-state index in [-0.39, 0.29) is 0 Å². The first kappa shape index (κ1) is 16.3. The highest BCUT2D eigenvalue weighted by atomic mass is 16.2. The molecule has 2 heterocycles. The Hall–Kier alpha value is -1.59. The van der Waals surface area contributed by atoms with Gasteiger partial charge in [0.15, 0.2) is 0 Å². The molecular formula is C18H28N4O. The summed E-state index contributed by atoms with van der Waals surface area (Å²) in [7, 11) is 0. The summed E-state index contributed by atoms with van der Waals surface area (Å²) in [6.45, 7) is 7.89. The summed E-state index contributed by atoms with van der Waals surface area (Å²) >= 11 is 0. The van der Waals surface area contributed by atoms with E-state index in [4.69, 9.17) is 0 Å². The van der Waals surface area contributed by atoms with Crippen LogP contribution in [0.5, 0.6) is 0 Å². The summed E-state index contributed by atoms with van der Waals surface area (Å²) in [4.78, 5) is 16.9. The molecule has 2 aliphatic rings. The first-order chi connectivity index (χ1) is 11.1. The molecule has 0 aliphatic carbocycles. The van der Waals surface area contributed by atoms with Crippen LogP contribution in [-0.2, 0) is 4.79 Å². The Bertz CT molecular complexity index is 503. The molecule has 0 aromatic heterocycles. The number of rotatable bonds is 4. The second-order valence-corrected chi connectivity index (χ2v) is 6.77. The monoisotopic (exact) mass is 316 g/mol. The summed E-state index contributed by atoms with van der Waals surface area (Å²) < 4.78 is 0. The van der Waals surface area contributed by atoms with Gasteiger partial charge >= 0.3 is 0 Å². The Balaban J connectivity index is 1.45. The molecule has 1 aromatic carbocycles. The molecule has 2 aliphatic heterocycles. The molecule has 0 radical (unpaired) electrons. The summed E-state index contributed by atoms with van der Waals surface area (Å²) in [5, 5.41) is 0. The van der Waals surface area contributed by atoms with Crippen molar-refractivity contribution in [2.75, 3.05) is 31.1 Å². The Morgan fingerprint density at radius 3 is 2.26 bits per heavy atom. The maximum atomic E-state index is 12.5. The van der Waals surface area contributed by atoms with Crippen molar-refractivity contribution < 1.29 is 4.79 Å². The number of nitrogens with zero attached hydrogens (tertiary/aromatic N) is 2. The number of piperazine rings is 1. The summed E-state index contributed by atoms with van der Waals surface area (Å²) in [6.07, 6.45) is 1.62. The zero-order chi connectivity index (χ0) is 16.2. The fourth-order valence-corrected chi connectivity index (χ4v) is 3.71. The van der Waals surface area contributed by atoms with Gasteiger partial charge in [0.05, 0.1) is 0 Å². The first-order valence-corrected chi connectivity index (χ1v) is 8.74. The number of carbonyl (C=O) groups excluding carboxylic acids is 1. The zero-order valence-corrected chi connectivity index (χ0v) is 14.2. The van der Waals surface area contributed by atoms with Crippen LogP contribution in [0.1, 0.15) is 26.7 Å². The Morgan fingerprint density at radius 2 is 1.65 bits per heavy atom. The normalized spacial score (nSPS) is 28.2. The Kier molecular flexibility index (Phi) is 5.18. The lowest BCUT2D eigenvalue weighted by Crippen LogP contribution is -2.48. The largest absolute Gasteiger partial charge is 0.368 e. The number of anilines is 1. The van der Waals surface area contributed by atoms with Gasteiger partial charge in [-0.3, -0.25) is 15.6 Å². The van der Waals surface area contributed by atoms with Gasteiger partial charge in [-0.2, -0.15) is 0 Å². The van der Waals surface area contributed by atoms with Gasteiger partial charge in [0.2, 0.25) is 5.91 Å². The van der Waals surface area contributed by atoms with E-state index in [1.54, 1.807) is 0 Å². The summed E-state index contributed by atoms with van der Waals surface area (Å²) in [5.41, 5.74) is 7.78. The molecular weight excluding hydrogens is 288 g/mol. The minimum absolute atomic E-state index is 0.309. The smallest absolute Gasteiger partial charge is 0.222 e. The average Bonchev–Trinajstić information content (AvgIpc) is 2.92. The van der Waals surface area contributed by atoms with Crippen molar-refractivity contribution in [1.82, 2.24) is 15.8 Å². The molecule has 2 saturated heterocycles. The van der Waals surface area contributed by atoms with Crippen molar-refractivity contribution in [3.63, 3.8) is 0 Å². The number of benzene rings is 1. The molecule has 2 N–H and O–H groups in total. The number of hydrogen-bond donors (Lipinski definition) is 2. The minimum Gasteiger partial charge on any atom is -0.368 e. The molecule has 5 nitrogen and oxygen atoms in total. The van der Waals surface area contributed by atoms with Crippen LogP contribution >= 0.6 is 0 Å². The van der Waals surface area contributed by atoms with Gasteiger partial charge in [-0.15, -0.1) is 0 Å². The maximum Gasteiger partial charge on any atom is 0.222 e. The molecule has 1 aromatic rings. The Labute approximate surface area is 139 Å². The lowest BCUT2D eigenvalue weighted by Gasteiger charge is -2.36. The van der Waals surface area contributed by atoms with Crippen molar-refractivity contribution >= 4 is 11.6 Å². The fourth-order valence-electron chi connectivity index (χ4n) is 3.71. The number of nitrogens with one attached hydrogen (secondary N) is 2. The average molecular weight is 316 g/mol. The highest BCUT2D eigenvalue weighted by Crippen LogP contribution is 2.21. The standard InChI is InChI=1S/C18H28N4O/c1-14-17(15(2)20-19-14)8-9-18(23)22-12-10-21(11-13-22)16-6-4-3-5-7-16/h3-7,14-15,17,19-20H,8-13H2,1-2H3. The molecule has 2 atom stereocenters. The van der Waals surface area contributed by atoms with E-state index in [1.807, 2.05) is 11.0 Å². The second kappa shape index (κ2) is 7.32. The molecule has 0 spiro atoms. The van der Waals surface area contributed by atoms with Gasteiger partial charge in [0.1, 0.15) is 0 Å². The highest BCUT2D eigenvalue weighted by Gasteiger charge is 2.30. The maximum absolute atomic E-state index is 12.5. The van der Waals surface area contributed by atoms with Crippen LogP contribution in [0.4, 0.5) is 5.69 Å². The first-order valence-electron chi connectivity index (χ1n) is 8.74. The van der Waals surface area contributed by atoms with Gasteiger partial charge in [0, 0.05) is 50.4 Å². The lowest BCUT2D eigenvalue weighted by atomic mass is 9.91. The van der Waals surface area contributed by atoms with Crippen LogP contribution in [-0.4, -0.2) is 49.1 Å². The number of hydrazine groups is 1. The Morgan fingerprint density at radius 1 is 1.04 bits per heavy atom. The van der Waals surface area contributed by atoms with Crippen LogP contribution in [0.2, 0.25) is 0 Å². The minimum atomic E-state index is 0.309. The van der Waals surface area contributed by atoms with Gasteiger partial charge < -0.3 is 9.80 Å². The lowest BCUT2D eigenvalue weighted by molar-refractivity contribution is -0.131. The van der Waals surface area contributed by atoms with E-state index < -0.39 is 0 Å². The van der Waals surface area contributed by atoms with Crippen molar-refractivity contribution in [3.05, 3.63) is 30.3 Å². The number of hydrogen-bond acceptors (Lipinski definition) is 4. The van der Waals surface area contributed by atoms with Crippen LogP contribution in [0.25, 0.3) is 0 Å². The third kappa shape index (κ3) is 3.85. The highest BCUT2D eigenvalue weighted by molar-refractivity contribution is 5.76. The molecule has 23 heavy (non-hydrogen) atoms. The molecule has 126 valence electrons. The van der Waals surface area contributed by atoms with E-state index in [2.05, 4.69) is 53.9 Å². The number of para-hydroxylation sites is 1. The number of amides is 1. The molecule has 5 heteroatoms. The topological polar surface area (TPSA) is 47.6 Å². The van der Waals surface area contributed by atoms with Gasteiger partial charge in [-0.05, 0) is 38.3 Å². The van der Waals surface area contributed by atoms with Crippen molar-refractivity contribution in [2.24, 2.45) is 5.92 Å². The third-order valence-electron chi connectivity index (χ3n) is 5.27. The predicted molar refractivity (Wildman–Crippen MR) is 93.2 cm³/mol. The van der Waals surface area contributed by atoms with Crippen molar-refractivity contribution in [3.8, 4) is 0 Å². The van der Waals surface area contributed by atoms with E-state index in [1.165, 1.54) is 5.69 Å². The quantitative estimate of drug-likeness (QED) is 0.886. The number of carbonyl (C=O) groups is 1. The molecule has 1 amide bonds. The molecule has 2 unspecified atom stereocenters. The second-order valence-electron chi connectivity index (χ2n) is 6.77. The SMILES string of the molecule is CC1NNC(C)C1CCC(=O)N1CCN(c2ccccc2)CC1. The molecule has 0 bridgehead atoms. The summed E-state index contributed by atoms with van der Waals surface area (Å²) in [6, 6.07) is 11.3. The van der Waals surface area contributed by atoms with Crippen LogP contribution in [0.3, 0.4) is 0 Å². The zero-order valence-electron chi connectivity index (χ0n) is 14.2. The van der Waals surface area contributed by atoms with Crippen LogP contribution < -0.4 is 15.8 Å². The van der Waals surface area contributed by atoms with Gasteiger partial charge in [-0.1, -0.05) is 18.2 Å². The molecule has 3 rings (SSSR count). The van der Waals surface area contributed by atoms with Gasteiger partial charge in [0.25, 0.3) is 0 Å². The molecule has 2 fully saturated rings. The van der Waals surface area contributed by atoms with Crippen molar-refractivity contribution in [1.29, 1.82) is 0 Å².